The molecule has 0 amide bonds. The molecule has 1 heterocycles. The number of anilines is 1. The molecule has 0 saturated carbocycles. The highest BCUT2D eigenvalue weighted by Gasteiger charge is 2.14. The summed E-state index contributed by atoms with van der Waals surface area (Å²) < 4.78 is 30.5. The SMILES string of the molecule is Cc1nn(Cc2cccc(NS(=O)(=O)c3ccc(Cl)cc3)c2)c(C)c1Br. The van der Waals surface area contributed by atoms with E-state index in [2.05, 4.69) is 25.8 Å². The maximum absolute atomic E-state index is 12.5. The molecule has 8 heteroatoms. The third-order valence-electron chi connectivity index (χ3n) is 3.93. The van der Waals surface area contributed by atoms with Crippen LogP contribution >= 0.6 is 27.5 Å². The molecular formula is C18H17BrClN3O2S. The van der Waals surface area contributed by atoms with Crippen LogP contribution in [0.2, 0.25) is 5.02 Å². The van der Waals surface area contributed by atoms with Crippen LogP contribution in [0.25, 0.3) is 0 Å². The van der Waals surface area contributed by atoms with E-state index >= 15 is 0 Å². The molecule has 0 aliphatic heterocycles. The predicted molar refractivity (Wildman–Crippen MR) is 107 cm³/mol. The largest absolute Gasteiger partial charge is 0.280 e. The zero-order chi connectivity index (χ0) is 18.9. The Hall–Kier alpha value is -1.83. The van der Waals surface area contributed by atoms with Gasteiger partial charge in [-0.2, -0.15) is 5.10 Å². The first-order valence-corrected chi connectivity index (χ1v) is 10.5. The van der Waals surface area contributed by atoms with Gasteiger partial charge in [0.15, 0.2) is 0 Å². The molecule has 0 fully saturated rings. The van der Waals surface area contributed by atoms with Crippen LogP contribution in [0.15, 0.2) is 57.9 Å². The van der Waals surface area contributed by atoms with E-state index < -0.39 is 10.0 Å². The molecule has 0 saturated heterocycles. The summed E-state index contributed by atoms with van der Waals surface area (Å²) in [4.78, 5) is 0.162. The second-order valence-electron chi connectivity index (χ2n) is 5.90. The molecule has 0 atom stereocenters. The minimum Gasteiger partial charge on any atom is -0.280 e. The predicted octanol–water partition coefficient (Wildman–Crippen LogP) is 4.76. The molecule has 1 aromatic heterocycles. The van der Waals surface area contributed by atoms with Crippen LogP contribution in [-0.4, -0.2) is 18.2 Å². The average Bonchev–Trinajstić information content (AvgIpc) is 2.82. The van der Waals surface area contributed by atoms with E-state index in [0.29, 0.717) is 17.3 Å². The first-order valence-electron chi connectivity index (χ1n) is 7.83. The molecule has 26 heavy (non-hydrogen) atoms. The quantitative estimate of drug-likeness (QED) is 0.604. The number of rotatable bonds is 5. The summed E-state index contributed by atoms with van der Waals surface area (Å²) in [5.41, 5.74) is 3.38. The molecule has 0 radical (unpaired) electrons. The summed E-state index contributed by atoms with van der Waals surface area (Å²) in [6, 6.07) is 13.3. The van der Waals surface area contributed by atoms with Crippen LogP contribution < -0.4 is 4.72 Å². The Morgan fingerprint density at radius 2 is 1.85 bits per heavy atom. The van der Waals surface area contributed by atoms with Crippen molar-refractivity contribution in [1.29, 1.82) is 0 Å². The lowest BCUT2D eigenvalue weighted by molar-refractivity contribution is 0.601. The lowest BCUT2D eigenvalue weighted by Gasteiger charge is -2.10. The van der Waals surface area contributed by atoms with Crippen LogP contribution in [0.1, 0.15) is 17.0 Å². The lowest BCUT2D eigenvalue weighted by atomic mass is 10.2. The van der Waals surface area contributed by atoms with Crippen molar-refractivity contribution in [3.05, 3.63) is 75.0 Å². The molecule has 2 aromatic carbocycles. The molecule has 0 unspecified atom stereocenters. The third kappa shape index (κ3) is 4.11. The zero-order valence-electron chi connectivity index (χ0n) is 14.2. The second kappa shape index (κ2) is 7.42. The van der Waals surface area contributed by atoms with Crippen molar-refractivity contribution < 1.29 is 8.42 Å². The first-order chi connectivity index (χ1) is 12.3. The van der Waals surface area contributed by atoms with Gasteiger partial charge >= 0.3 is 0 Å². The summed E-state index contributed by atoms with van der Waals surface area (Å²) >= 11 is 9.33. The fraction of sp³-hybridized carbons (Fsp3) is 0.167. The summed E-state index contributed by atoms with van der Waals surface area (Å²) in [6.07, 6.45) is 0. The number of nitrogens with one attached hydrogen (secondary N) is 1. The van der Waals surface area contributed by atoms with Crippen LogP contribution in [0.5, 0.6) is 0 Å². The van der Waals surface area contributed by atoms with E-state index in [-0.39, 0.29) is 4.90 Å². The number of nitrogens with zero attached hydrogens (tertiary/aromatic N) is 2. The Bertz CT molecular complexity index is 1050. The van der Waals surface area contributed by atoms with Crippen molar-refractivity contribution in [1.82, 2.24) is 9.78 Å². The summed E-state index contributed by atoms with van der Waals surface area (Å²) in [6.45, 7) is 4.47. The van der Waals surface area contributed by atoms with Gasteiger partial charge in [0, 0.05) is 10.7 Å². The molecule has 0 aliphatic carbocycles. The second-order valence-corrected chi connectivity index (χ2v) is 8.81. The normalized spacial score (nSPS) is 11.5. The highest BCUT2D eigenvalue weighted by molar-refractivity contribution is 9.10. The Morgan fingerprint density at radius 1 is 1.15 bits per heavy atom. The van der Waals surface area contributed by atoms with E-state index in [9.17, 15) is 8.42 Å². The fourth-order valence-corrected chi connectivity index (χ4v) is 4.02. The van der Waals surface area contributed by atoms with E-state index in [1.165, 1.54) is 12.1 Å². The van der Waals surface area contributed by atoms with Crippen molar-refractivity contribution in [2.45, 2.75) is 25.3 Å². The van der Waals surface area contributed by atoms with Crippen LogP contribution in [0.3, 0.4) is 0 Å². The standard InChI is InChI=1S/C18H17BrClN3O2S/c1-12-18(19)13(2)23(21-12)11-14-4-3-5-16(10-14)22-26(24,25)17-8-6-15(20)7-9-17/h3-10,22H,11H2,1-2H3. The van der Waals surface area contributed by atoms with Gasteiger partial charge in [-0.3, -0.25) is 9.40 Å². The monoisotopic (exact) mass is 453 g/mol. The van der Waals surface area contributed by atoms with Crippen molar-refractivity contribution in [2.24, 2.45) is 0 Å². The molecule has 136 valence electrons. The molecule has 5 nitrogen and oxygen atoms in total. The van der Waals surface area contributed by atoms with Crippen molar-refractivity contribution in [3.8, 4) is 0 Å². The number of hydrogen-bond donors (Lipinski definition) is 1. The zero-order valence-corrected chi connectivity index (χ0v) is 17.4. The van der Waals surface area contributed by atoms with Gasteiger partial charge in [-0.25, -0.2) is 8.42 Å². The van der Waals surface area contributed by atoms with Gasteiger partial charge < -0.3 is 0 Å². The Labute approximate surface area is 166 Å². The Kier molecular flexibility index (Phi) is 5.41. The molecular weight excluding hydrogens is 438 g/mol. The third-order valence-corrected chi connectivity index (χ3v) is 6.73. The van der Waals surface area contributed by atoms with Crippen LogP contribution in [0, 0.1) is 13.8 Å². The maximum Gasteiger partial charge on any atom is 0.261 e. The van der Waals surface area contributed by atoms with Crippen molar-refractivity contribution in [2.75, 3.05) is 4.72 Å². The van der Waals surface area contributed by atoms with Gasteiger partial charge in [-0.15, -0.1) is 0 Å². The van der Waals surface area contributed by atoms with E-state index in [4.69, 9.17) is 11.6 Å². The summed E-state index contributed by atoms with van der Waals surface area (Å²) in [5, 5.41) is 4.97. The molecule has 3 aromatic rings. The maximum atomic E-state index is 12.5. The Morgan fingerprint density at radius 3 is 2.46 bits per heavy atom. The number of aromatic nitrogens is 2. The summed E-state index contributed by atoms with van der Waals surface area (Å²) in [5.74, 6) is 0. The first kappa shape index (κ1) is 18.9. The minimum atomic E-state index is -3.67. The number of halogens is 2. The fourth-order valence-electron chi connectivity index (χ4n) is 2.56. The highest BCUT2D eigenvalue weighted by atomic mass is 79.9. The van der Waals surface area contributed by atoms with Gasteiger partial charge in [0.2, 0.25) is 0 Å². The topological polar surface area (TPSA) is 64.0 Å². The molecule has 1 N–H and O–H groups in total. The number of aryl methyl sites for hydroxylation is 1. The van der Waals surface area contributed by atoms with E-state index in [1.807, 2.05) is 30.7 Å². The average molecular weight is 455 g/mol. The molecule has 3 rings (SSSR count). The van der Waals surface area contributed by atoms with E-state index in [1.54, 1.807) is 24.3 Å². The molecule has 0 spiro atoms. The van der Waals surface area contributed by atoms with Crippen LogP contribution in [0.4, 0.5) is 5.69 Å². The molecule has 0 bridgehead atoms. The van der Waals surface area contributed by atoms with Gasteiger partial charge in [0.25, 0.3) is 10.0 Å². The van der Waals surface area contributed by atoms with Gasteiger partial charge in [-0.1, -0.05) is 23.7 Å². The Balaban J connectivity index is 1.83. The summed E-state index contributed by atoms with van der Waals surface area (Å²) in [7, 11) is -3.67. The van der Waals surface area contributed by atoms with Gasteiger partial charge in [-0.05, 0) is 71.7 Å². The minimum absolute atomic E-state index is 0.162. The smallest absolute Gasteiger partial charge is 0.261 e. The van der Waals surface area contributed by atoms with Crippen LogP contribution in [-0.2, 0) is 16.6 Å². The molecule has 0 aliphatic rings. The lowest BCUT2D eigenvalue weighted by Crippen LogP contribution is -2.13. The number of hydrogen-bond acceptors (Lipinski definition) is 3. The van der Waals surface area contributed by atoms with Gasteiger partial charge in [0.05, 0.1) is 27.3 Å². The number of sulfonamides is 1. The van der Waals surface area contributed by atoms with E-state index in [0.717, 1.165) is 21.4 Å². The highest BCUT2D eigenvalue weighted by Crippen LogP contribution is 2.22. The van der Waals surface area contributed by atoms with Crippen molar-refractivity contribution in [3.63, 3.8) is 0 Å². The number of benzene rings is 2. The van der Waals surface area contributed by atoms with Gasteiger partial charge in [0.1, 0.15) is 0 Å². The van der Waals surface area contributed by atoms with Crippen molar-refractivity contribution >= 4 is 43.2 Å².